The van der Waals surface area contributed by atoms with Gasteiger partial charge in [0.2, 0.25) is 0 Å². The third-order valence-electron chi connectivity index (χ3n) is 3.24. The Bertz CT molecular complexity index is 811. The first kappa shape index (κ1) is 19.6. The summed E-state index contributed by atoms with van der Waals surface area (Å²) in [6.07, 6.45) is -0.000276. The molecular formula is C19H17BrClFO3. The molecule has 3 nitrogen and oxygen atoms in total. The van der Waals surface area contributed by atoms with Gasteiger partial charge in [-0.25, -0.2) is 4.39 Å². The predicted octanol–water partition coefficient (Wildman–Crippen LogP) is 5.36. The summed E-state index contributed by atoms with van der Waals surface area (Å²) in [4.78, 5) is 24.5. The molecule has 0 unspecified atom stereocenters. The number of benzene rings is 2. The van der Waals surface area contributed by atoms with Gasteiger partial charge in [0, 0.05) is 20.6 Å². The lowest BCUT2D eigenvalue weighted by Gasteiger charge is -2.19. The predicted molar refractivity (Wildman–Crippen MR) is 98.5 cm³/mol. The molecule has 25 heavy (non-hydrogen) atoms. The third kappa shape index (κ3) is 5.38. The molecule has 0 fully saturated rings. The van der Waals surface area contributed by atoms with Gasteiger partial charge in [-0.2, -0.15) is 0 Å². The number of ether oxygens (including phenoxy) is 1. The largest absolute Gasteiger partial charge is 0.460 e. The van der Waals surface area contributed by atoms with Gasteiger partial charge in [-0.05, 0) is 62.7 Å². The van der Waals surface area contributed by atoms with Crippen molar-refractivity contribution in [2.24, 2.45) is 0 Å². The number of esters is 1. The SMILES string of the molecule is CC(C)(C)OC(=O)Cc1cc(Br)c(C(=O)c2ccc(F)cc2)cc1Cl. The van der Waals surface area contributed by atoms with Crippen molar-refractivity contribution >= 4 is 39.3 Å². The van der Waals surface area contributed by atoms with Crippen LogP contribution >= 0.6 is 27.5 Å². The standard InChI is InChI=1S/C19H17BrClFO3/c1-19(2,3)25-17(23)9-12-8-15(20)14(10-16(12)21)18(24)11-4-6-13(22)7-5-11/h4-8,10H,9H2,1-3H3. The van der Waals surface area contributed by atoms with Crippen LogP contribution in [0.15, 0.2) is 40.9 Å². The zero-order valence-corrected chi connectivity index (χ0v) is 16.4. The fourth-order valence-corrected chi connectivity index (χ4v) is 2.99. The minimum atomic E-state index is -0.584. The maximum absolute atomic E-state index is 13.0. The zero-order chi connectivity index (χ0) is 18.8. The number of rotatable bonds is 4. The highest BCUT2D eigenvalue weighted by Crippen LogP contribution is 2.28. The summed E-state index contributed by atoms with van der Waals surface area (Å²) in [6.45, 7) is 5.35. The Morgan fingerprint density at radius 3 is 2.32 bits per heavy atom. The summed E-state index contributed by atoms with van der Waals surface area (Å²) in [7, 11) is 0. The third-order valence-corrected chi connectivity index (χ3v) is 4.25. The maximum atomic E-state index is 13.0. The fraction of sp³-hybridized carbons (Fsp3) is 0.263. The molecular weight excluding hydrogens is 411 g/mol. The van der Waals surface area contributed by atoms with Crippen molar-refractivity contribution in [3.63, 3.8) is 0 Å². The molecule has 6 heteroatoms. The van der Waals surface area contributed by atoms with Crippen molar-refractivity contribution in [1.29, 1.82) is 0 Å². The van der Waals surface area contributed by atoms with Crippen LogP contribution in [0.1, 0.15) is 42.3 Å². The van der Waals surface area contributed by atoms with Crippen LogP contribution in [0.3, 0.4) is 0 Å². The molecule has 0 aliphatic heterocycles. The lowest BCUT2D eigenvalue weighted by Crippen LogP contribution is -2.25. The van der Waals surface area contributed by atoms with Crippen molar-refractivity contribution in [3.05, 3.63) is 68.4 Å². The fourth-order valence-electron chi connectivity index (χ4n) is 2.19. The molecule has 132 valence electrons. The molecule has 0 amide bonds. The van der Waals surface area contributed by atoms with Gasteiger partial charge in [-0.3, -0.25) is 9.59 Å². The molecule has 2 aromatic carbocycles. The molecule has 0 saturated heterocycles. The minimum Gasteiger partial charge on any atom is -0.460 e. The van der Waals surface area contributed by atoms with Gasteiger partial charge in [0.25, 0.3) is 0 Å². The summed E-state index contributed by atoms with van der Waals surface area (Å²) in [6, 6.07) is 8.39. The highest BCUT2D eigenvalue weighted by molar-refractivity contribution is 9.10. The first-order valence-corrected chi connectivity index (χ1v) is 8.74. The number of hydrogen-bond acceptors (Lipinski definition) is 3. The molecule has 0 heterocycles. The molecule has 0 bridgehead atoms. The molecule has 0 aliphatic carbocycles. The Kier molecular flexibility index (Phi) is 6.01. The van der Waals surface area contributed by atoms with Gasteiger partial charge in [0.15, 0.2) is 5.78 Å². The van der Waals surface area contributed by atoms with E-state index in [2.05, 4.69) is 15.9 Å². The molecule has 0 aliphatic rings. The van der Waals surface area contributed by atoms with E-state index in [9.17, 15) is 14.0 Å². The highest BCUT2D eigenvalue weighted by Gasteiger charge is 2.20. The number of ketones is 1. The van der Waals surface area contributed by atoms with Crippen LogP contribution in [0.4, 0.5) is 4.39 Å². The van der Waals surface area contributed by atoms with Gasteiger partial charge >= 0.3 is 5.97 Å². The van der Waals surface area contributed by atoms with E-state index < -0.39 is 17.4 Å². The van der Waals surface area contributed by atoms with E-state index in [1.165, 1.54) is 30.3 Å². The summed E-state index contributed by atoms with van der Waals surface area (Å²) >= 11 is 9.57. The Morgan fingerprint density at radius 2 is 1.76 bits per heavy atom. The molecule has 0 spiro atoms. The van der Waals surface area contributed by atoms with Gasteiger partial charge in [0.1, 0.15) is 11.4 Å². The Balaban J connectivity index is 2.26. The maximum Gasteiger partial charge on any atom is 0.310 e. The minimum absolute atomic E-state index is 0.000276. The lowest BCUT2D eigenvalue weighted by molar-refractivity contribution is -0.153. The van der Waals surface area contributed by atoms with Crippen molar-refractivity contribution in [2.75, 3.05) is 0 Å². The summed E-state index contributed by atoms with van der Waals surface area (Å²) in [5.41, 5.74) is 0.653. The lowest BCUT2D eigenvalue weighted by atomic mass is 10.0. The first-order chi connectivity index (χ1) is 11.6. The summed E-state index contributed by atoms with van der Waals surface area (Å²) in [5, 5.41) is 0.291. The summed E-state index contributed by atoms with van der Waals surface area (Å²) < 4.78 is 18.8. The first-order valence-electron chi connectivity index (χ1n) is 7.57. The van der Waals surface area contributed by atoms with Crippen LogP contribution in [0, 0.1) is 5.82 Å². The molecule has 0 saturated carbocycles. The Hall–Kier alpha value is -1.72. The van der Waals surface area contributed by atoms with Crippen LogP contribution in [-0.2, 0) is 16.0 Å². The molecule has 0 N–H and O–H groups in total. The van der Waals surface area contributed by atoms with Crippen molar-refractivity contribution in [2.45, 2.75) is 32.8 Å². The topological polar surface area (TPSA) is 43.4 Å². The number of carbonyl (C=O) groups is 2. The second-order valence-electron chi connectivity index (χ2n) is 6.52. The van der Waals surface area contributed by atoms with Gasteiger partial charge in [0.05, 0.1) is 6.42 Å². The number of carbonyl (C=O) groups excluding carboxylic acids is 2. The second-order valence-corrected chi connectivity index (χ2v) is 7.78. The normalized spacial score (nSPS) is 11.3. The zero-order valence-electron chi connectivity index (χ0n) is 14.0. The van der Waals surface area contributed by atoms with Crippen LogP contribution in [0.2, 0.25) is 5.02 Å². The molecule has 0 aromatic heterocycles. The van der Waals surface area contributed by atoms with E-state index in [0.29, 0.717) is 26.2 Å². The summed E-state index contributed by atoms with van der Waals surface area (Å²) in [5.74, 6) is -1.11. The molecule has 2 aromatic rings. The quantitative estimate of drug-likeness (QED) is 0.487. The van der Waals surface area contributed by atoms with Gasteiger partial charge in [-0.1, -0.05) is 27.5 Å². The van der Waals surface area contributed by atoms with Crippen molar-refractivity contribution in [3.8, 4) is 0 Å². The number of halogens is 3. The van der Waals surface area contributed by atoms with E-state index in [0.717, 1.165) is 0 Å². The van der Waals surface area contributed by atoms with Crippen LogP contribution in [0.25, 0.3) is 0 Å². The van der Waals surface area contributed by atoms with Crippen molar-refractivity contribution in [1.82, 2.24) is 0 Å². The number of hydrogen-bond donors (Lipinski definition) is 0. The van der Waals surface area contributed by atoms with Gasteiger partial charge < -0.3 is 4.74 Å². The van der Waals surface area contributed by atoms with E-state index in [4.69, 9.17) is 16.3 Å². The Labute approximate surface area is 159 Å². The van der Waals surface area contributed by atoms with E-state index in [1.807, 2.05) is 0 Å². The van der Waals surface area contributed by atoms with Crippen LogP contribution in [-0.4, -0.2) is 17.4 Å². The van der Waals surface area contributed by atoms with Crippen LogP contribution < -0.4 is 0 Å². The molecule has 0 atom stereocenters. The van der Waals surface area contributed by atoms with Gasteiger partial charge in [-0.15, -0.1) is 0 Å². The van der Waals surface area contributed by atoms with Crippen LogP contribution in [0.5, 0.6) is 0 Å². The molecule has 0 radical (unpaired) electrons. The second kappa shape index (κ2) is 7.67. The smallest absolute Gasteiger partial charge is 0.310 e. The Morgan fingerprint density at radius 1 is 1.16 bits per heavy atom. The average Bonchev–Trinajstić information content (AvgIpc) is 2.49. The molecule has 2 rings (SSSR count). The van der Waals surface area contributed by atoms with Crippen molar-refractivity contribution < 1.29 is 18.7 Å². The van der Waals surface area contributed by atoms with E-state index in [-0.39, 0.29) is 12.2 Å². The highest BCUT2D eigenvalue weighted by atomic mass is 79.9. The van der Waals surface area contributed by atoms with E-state index >= 15 is 0 Å². The monoisotopic (exact) mass is 426 g/mol. The van der Waals surface area contributed by atoms with E-state index in [1.54, 1.807) is 26.8 Å². The average molecular weight is 428 g/mol.